The van der Waals surface area contributed by atoms with E-state index in [-0.39, 0.29) is 12.0 Å². The van der Waals surface area contributed by atoms with Crippen LogP contribution in [0, 0.1) is 0 Å². The summed E-state index contributed by atoms with van der Waals surface area (Å²) >= 11 is 0. The molecule has 1 heterocycles. The van der Waals surface area contributed by atoms with Crippen molar-refractivity contribution in [2.45, 2.75) is 70.5 Å². The first-order chi connectivity index (χ1) is 9.27. The zero-order valence-corrected chi connectivity index (χ0v) is 12.0. The number of carbonyl (C=O) groups excluding carboxylic acids is 1. The zero-order valence-electron chi connectivity index (χ0n) is 12.0. The van der Waals surface area contributed by atoms with E-state index in [4.69, 9.17) is 15.3 Å². The number of rotatable bonds is 10. The number of hydrogen-bond acceptors (Lipinski definition) is 4. The Balaban J connectivity index is 1.92. The Kier molecular flexibility index (Phi) is 8.79. The van der Waals surface area contributed by atoms with Gasteiger partial charge in [0.2, 0.25) is 0 Å². The number of ether oxygens (including phenoxy) is 2. The highest BCUT2D eigenvalue weighted by Gasteiger charge is 2.30. The first-order valence-corrected chi connectivity index (χ1v) is 7.51. The summed E-state index contributed by atoms with van der Waals surface area (Å²) in [5.41, 5.74) is 2.12. The second kappa shape index (κ2) is 10.2. The van der Waals surface area contributed by atoms with Crippen LogP contribution in [0.1, 0.15) is 58.3 Å². The molecule has 1 aliphatic rings. The van der Waals surface area contributed by atoms with Gasteiger partial charge in [-0.25, -0.2) is 5.84 Å². The number of unbranched alkanes of at least 4 members (excludes halogenated alkanes) is 5. The van der Waals surface area contributed by atoms with Gasteiger partial charge in [-0.2, -0.15) is 0 Å². The molecule has 5 heteroatoms. The molecule has 5 nitrogen and oxygen atoms in total. The van der Waals surface area contributed by atoms with Crippen molar-refractivity contribution in [3.8, 4) is 0 Å². The smallest absolute Gasteiger partial charge is 0.263 e. The van der Waals surface area contributed by atoms with Crippen LogP contribution in [0.3, 0.4) is 0 Å². The number of carbonyl (C=O) groups is 1. The largest absolute Gasteiger partial charge is 0.379 e. The van der Waals surface area contributed by atoms with E-state index in [0.29, 0.717) is 6.61 Å². The summed E-state index contributed by atoms with van der Waals surface area (Å²) in [4.78, 5) is 11.3. The Morgan fingerprint density at radius 1 is 1.26 bits per heavy atom. The number of hydrogen-bond donors (Lipinski definition) is 2. The minimum atomic E-state index is -0.396. The Bertz CT molecular complexity index is 249. The second-order valence-electron chi connectivity index (χ2n) is 5.18. The normalized spacial score (nSPS) is 22.6. The third kappa shape index (κ3) is 6.89. The fraction of sp³-hybridized carbons (Fsp3) is 0.929. The van der Waals surface area contributed by atoms with Crippen molar-refractivity contribution in [1.29, 1.82) is 0 Å². The van der Waals surface area contributed by atoms with E-state index in [1.165, 1.54) is 32.1 Å². The molecule has 0 aromatic rings. The van der Waals surface area contributed by atoms with Gasteiger partial charge in [-0.3, -0.25) is 10.2 Å². The van der Waals surface area contributed by atoms with Gasteiger partial charge in [-0.15, -0.1) is 0 Å². The van der Waals surface area contributed by atoms with Gasteiger partial charge in [-0.1, -0.05) is 39.0 Å². The van der Waals surface area contributed by atoms with Crippen LogP contribution in [-0.2, 0) is 14.3 Å². The number of nitrogens with two attached hydrogens (primary N) is 1. The molecule has 0 radical (unpaired) electrons. The van der Waals surface area contributed by atoms with Gasteiger partial charge in [0, 0.05) is 6.61 Å². The summed E-state index contributed by atoms with van der Waals surface area (Å²) in [5, 5.41) is 0. The van der Waals surface area contributed by atoms with Crippen molar-refractivity contribution >= 4 is 5.91 Å². The first-order valence-electron chi connectivity index (χ1n) is 7.51. The molecule has 19 heavy (non-hydrogen) atoms. The average Bonchev–Trinajstić information content (AvgIpc) is 2.89. The maximum absolute atomic E-state index is 11.3. The molecule has 0 aromatic heterocycles. The molecule has 1 saturated heterocycles. The van der Waals surface area contributed by atoms with E-state index < -0.39 is 6.10 Å². The second-order valence-corrected chi connectivity index (χ2v) is 5.18. The van der Waals surface area contributed by atoms with Crippen LogP contribution >= 0.6 is 0 Å². The summed E-state index contributed by atoms with van der Waals surface area (Å²) in [7, 11) is 0. The molecular weight excluding hydrogens is 244 g/mol. The van der Waals surface area contributed by atoms with Crippen molar-refractivity contribution in [2.75, 3.05) is 13.2 Å². The molecule has 2 atom stereocenters. The lowest BCUT2D eigenvalue weighted by molar-refractivity contribution is -0.133. The average molecular weight is 272 g/mol. The summed E-state index contributed by atoms with van der Waals surface area (Å²) in [6, 6.07) is 0. The van der Waals surface area contributed by atoms with Crippen LogP contribution in [0.2, 0.25) is 0 Å². The van der Waals surface area contributed by atoms with Crippen molar-refractivity contribution in [2.24, 2.45) is 5.84 Å². The molecule has 0 aromatic carbocycles. The fourth-order valence-corrected chi connectivity index (χ4v) is 2.31. The summed E-state index contributed by atoms with van der Waals surface area (Å²) in [6.07, 6.45) is 8.85. The molecular formula is C14H28N2O3. The van der Waals surface area contributed by atoms with E-state index >= 15 is 0 Å². The fourth-order valence-electron chi connectivity index (χ4n) is 2.31. The van der Waals surface area contributed by atoms with Crippen molar-refractivity contribution < 1.29 is 14.3 Å². The SMILES string of the molecule is CCCCCCCCOCC1CCC(C(=O)NN)O1. The van der Waals surface area contributed by atoms with Gasteiger partial charge < -0.3 is 9.47 Å². The zero-order chi connectivity index (χ0) is 13.9. The lowest BCUT2D eigenvalue weighted by atomic mass is 10.1. The highest BCUT2D eigenvalue weighted by molar-refractivity contribution is 5.80. The molecule has 0 saturated carbocycles. The van der Waals surface area contributed by atoms with Crippen LogP contribution < -0.4 is 11.3 Å². The van der Waals surface area contributed by atoms with E-state index in [9.17, 15) is 4.79 Å². The molecule has 112 valence electrons. The van der Waals surface area contributed by atoms with Crippen LogP contribution in [0.4, 0.5) is 0 Å². The first kappa shape index (κ1) is 16.4. The standard InChI is InChI=1S/C14H28N2O3/c1-2-3-4-5-6-7-10-18-11-12-8-9-13(19-12)14(17)16-15/h12-13H,2-11,15H2,1H3,(H,16,17). The highest BCUT2D eigenvalue weighted by Crippen LogP contribution is 2.20. The van der Waals surface area contributed by atoms with Crippen molar-refractivity contribution in [1.82, 2.24) is 5.43 Å². The molecule has 1 rings (SSSR count). The van der Waals surface area contributed by atoms with E-state index in [0.717, 1.165) is 25.9 Å². The summed E-state index contributed by atoms with van der Waals surface area (Å²) < 4.78 is 11.2. The maximum Gasteiger partial charge on any atom is 0.263 e. The Morgan fingerprint density at radius 2 is 2.00 bits per heavy atom. The molecule has 0 aliphatic carbocycles. The molecule has 0 spiro atoms. The minimum absolute atomic E-state index is 0.0439. The molecule has 3 N–H and O–H groups in total. The summed E-state index contributed by atoms with van der Waals surface area (Å²) in [5.74, 6) is 4.84. The van der Waals surface area contributed by atoms with Crippen molar-refractivity contribution in [3.05, 3.63) is 0 Å². The third-order valence-corrected chi connectivity index (χ3v) is 3.49. The van der Waals surface area contributed by atoms with Crippen LogP contribution in [-0.4, -0.2) is 31.3 Å². The van der Waals surface area contributed by atoms with Gasteiger partial charge >= 0.3 is 0 Å². The third-order valence-electron chi connectivity index (χ3n) is 3.49. The van der Waals surface area contributed by atoms with Crippen LogP contribution in [0.15, 0.2) is 0 Å². The number of hydrazine groups is 1. The topological polar surface area (TPSA) is 73.6 Å². The number of nitrogens with one attached hydrogen (secondary N) is 1. The van der Waals surface area contributed by atoms with Crippen molar-refractivity contribution in [3.63, 3.8) is 0 Å². The molecule has 0 bridgehead atoms. The van der Waals surface area contributed by atoms with Gasteiger partial charge in [-0.05, 0) is 19.3 Å². The van der Waals surface area contributed by atoms with E-state index in [2.05, 4.69) is 12.3 Å². The lowest BCUT2D eigenvalue weighted by Gasteiger charge is -2.12. The molecule has 1 fully saturated rings. The van der Waals surface area contributed by atoms with Gasteiger partial charge in [0.05, 0.1) is 12.7 Å². The van der Waals surface area contributed by atoms with Crippen LogP contribution in [0.25, 0.3) is 0 Å². The Hall–Kier alpha value is -0.650. The summed E-state index contributed by atoms with van der Waals surface area (Å²) in [6.45, 7) is 3.60. The van der Waals surface area contributed by atoms with E-state index in [1.54, 1.807) is 0 Å². The highest BCUT2D eigenvalue weighted by atomic mass is 16.5. The predicted octanol–water partition coefficient (Wildman–Crippen LogP) is 1.90. The Labute approximate surface area is 116 Å². The van der Waals surface area contributed by atoms with Crippen LogP contribution in [0.5, 0.6) is 0 Å². The van der Waals surface area contributed by atoms with Gasteiger partial charge in [0.25, 0.3) is 5.91 Å². The minimum Gasteiger partial charge on any atom is -0.379 e. The molecule has 1 aliphatic heterocycles. The predicted molar refractivity (Wildman–Crippen MR) is 74.4 cm³/mol. The quantitative estimate of drug-likeness (QED) is 0.276. The molecule has 2 unspecified atom stereocenters. The monoisotopic (exact) mass is 272 g/mol. The Morgan fingerprint density at radius 3 is 2.74 bits per heavy atom. The van der Waals surface area contributed by atoms with Gasteiger partial charge in [0.1, 0.15) is 6.10 Å². The van der Waals surface area contributed by atoms with E-state index in [1.807, 2.05) is 0 Å². The maximum atomic E-state index is 11.3. The number of amides is 1. The van der Waals surface area contributed by atoms with Gasteiger partial charge in [0.15, 0.2) is 0 Å². The molecule has 1 amide bonds. The lowest BCUT2D eigenvalue weighted by Crippen LogP contribution is -2.39.